The van der Waals surface area contributed by atoms with Crippen LogP contribution in [-0.4, -0.2) is 17.4 Å². The Hall–Kier alpha value is -2.07. The highest BCUT2D eigenvalue weighted by atomic mass is 35.5. The van der Waals surface area contributed by atoms with E-state index < -0.39 is 0 Å². The first-order chi connectivity index (χ1) is 10.1. The SMILES string of the molecule is CCCNc1ncc(C(=O)Nc2ccccc2C)cc1Cl. The van der Waals surface area contributed by atoms with Gasteiger partial charge in [0.2, 0.25) is 0 Å². The van der Waals surface area contributed by atoms with Crippen LogP contribution in [0.25, 0.3) is 0 Å². The van der Waals surface area contributed by atoms with Crippen molar-refractivity contribution in [3.63, 3.8) is 0 Å². The number of halogens is 1. The Morgan fingerprint density at radius 2 is 2.10 bits per heavy atom. The molecule has 0 aliphatic rings. The van der Waals surface area contributed by atoms with Gasteiger partial charge in [-0.15, -0.1) is 0 Å². The van der Waals surface area contributed by atoms with Crippen molar-refractivity contribution >= 4 is 29.0 Å². The molecular weight excluding hydrogens is 286 g/mol. The molecule has 0 fully saturated rings. The van der Waals surface area contributed by atoms with Crippen LogP contribution in [0, 0.1) is 6.92 Å². The fourth-order valence-electron chi connectivity index (χ4n) is 1.84. The quantitative estimate of drug-likeness (QED) is 0.873. The van der Waals surface area contributed by atoms with Crippen LogP contribution in [0.3, 0.4) is 0 Å². The Bertz CT molecular complexity index is 643. The molecule has 0 atom stereocenters. The molecule has 0 aliphatic heterocycles. The van der Waals surface area contributed by atoms with Crippen molar-refractivity contribution in [1.82, 2.24) is 4.98 Å². The van der Waals surface area contributed by atoms with Gasteiger partial charge in [0.1, 0.15) is 5.82 Å². The van der Waals surface area contributed by atoms with E-state index in [1.54, 1.807) is 6.07 Å². The minimum atomic E-state index is -0.222. The summed E-state index contributed by atoms with van der Waals surface area (Å²) in [5.74, 6) is 0.381. The summed E-state index contributed by atoms with van der Waals surface area (Å²) in [4.78, 5) is 16.4. The van der Waals surface area contributed by atoms with Gasteiger partial charge in [0.15, 0.2) is 0 Å². The molecule has 1 heterocycles. The van der Waals surface area contributed by atoms with Crippen LogP contribution < -0.4 is 10.6 Å². The van der Waals surface area contributed by atoms with E-state index in [0.717, 1.165) is 24.2 Å². The second-order valence-electron chi connectivity index (χ2n) is 4.75. The molecule has 0 unspecified atom stereocenters. The number of rotatable bonds is 5. The fourth-order valence-corrected chi connectivity index (χ4v) is 2.08. The molecule has 0 spiro atoms. The van der Waals surface area contributed by atoms with Crippen LogP contribution in [0.2, 0.25) is 5.02 Å². The molecule has 0 saturated heterocycles. The van der Waals surface area contributed by atoms with Gasteiger partial charge in [0.05, 0.1) is 10.6 Å². The first-order valence-electron chi connectivity index (χ1n) is 6.88. The summed E-state index contributed by atoms with van der Waals surface area (Å²) in [5, 5.41) is 6.42. The predicted molar refractivity (Wildman–Crippen MR) is 87.2 cm³/mol. The number of nitrogens with zero attached hydrogens (tertiary/aromatic N) is 1. The number of carbonyl (C=O) groups is 1. The molecule has 110 valence electrons. The Balaban J connectivity index is 2.13. The summed E-state index contributed by atoms with van der Waals surface area (Å²) in [7, 11) is 0. The van der Waals surface area contributed by atoms with Gasteiger partial charge in [-0.1, -0.05) is 36.7 Å². The summed E-state index contributed by atoms with van der Waals surface area (Å²) in [6.45, 7) is 4.80. The Morgan fingerprint density at radius 1 is 1.33 bits per heavy atom. The number of anilines is 2. The highest BCUT2D eigenvalue weighted by Gasteiger charge is 2.11. The van der Waals surface area contributed by atoms with Crippen LogP contribution >= 0.6 is 11.6 Å². The summed E-state index contributed by atoms with van der Waals surface area (Å²) < 4.78 is 0. The Morgan fingerprint density at radius 3 is 2.76 bits per heavy atom. The summed E-state index contributed by atoms with van der Waals surface area (Å²) >= 11 is 6.14. The zero-order valence-corrected chi connectivity index (χ0v) is 12.9. The van der Waals surface area contributed by atoms with Gasteiger partial charge in [0, 0.05) is 18.4 Å². The zero-order chi connectivity index (χ0) is 15.2. The van der Waals surface area contributed by atoms with Crippen molar-refractivity contribution in [3.8, 4) is 0 Å². The van der Waals surface area contributed by atoms with E-state index in [4.69, 9.17) is 11.6 Å². The molecular formula is C16H18ClN3O. The van der Waals surface area contributed by atoms with Gasteiger partial charge in [-0.2, -0.15) is 0 Å². The molecule has 1 aromatic carbocycles. The molecule has 5 heteroatoms. The van der Waals surface area contributed by atoms with Crippen molar-refractivity contribution in [1.29, 1.82) is 0 Å². The van der Waals surface area contributed by atoms with Crippen LogP contribution in [0.5, 0.6) is 0 Å². The molecule has 2 rings (SSSR count). The second-order valence-corrected chi connectivity index (χ2v) is 5.16. The summed E-state index contributed by atoms with van der Waals surface area (Å²) in [6.07, 6.45) is 2.50. The molecule has 0 bridgehead atoms. The lowest BCUT2D eigenvalue weighted by molar-refractivity contribution is 0.102. The van der Waals surface area contributed by atoms with E-state index in [1.807, 2.05) is 31.2 Å². The van der Waals surface area contributed by atoms with Crippen LogP contribution in [0.15, 0.2) is 36.5 Å². The Labute approximate surface area is 129 Å². The van der Waals surface area contributed by atoms with E-state index in [2.05, 4.69) is 22.5 Å². The second kappa shape index (κ2) is 7.09. The van der Waals surface area contributed by atoms with E-state index in [1.165, 1.54) is 6.20 Å². The third-order valence-electron chi connectivity index (χ3n) is 3.04. The maximum Gasteiger partial charge on any atom is 0.257 e. The number of hydrogen-bond donors (Lipinski definition) is 2. The lowest BCUT2D eigenvalue weighted by Gasteiger charge is -2.10. The average molecular weight is 304 g/mol. The maximum absolute atomic E-state index is 12.2. The van der Waals surface area contributed by atoms with Crippen molar-refractivity contribution in [3.05, 3.63) is 52.7 Å². The van der Waals surface area contributed by atoms with Gasteiger partial charge < -0.3 is 10.6 Å². The van der Waals surface area contributed by atoms with Crippen LogP contribution in [0.4, 0.5) is 11.5 Å². The average Bonchev–Trinajstić information content (AvgIpc) is 2.48. The third kappa shape index (κ3) is 3.95. The number of hydrogen-bond acceptors (Lipinski definition) is 3. The van der Waals surface area contributed by atoms with Crippen LogP contribution in [0.1, 0.15) is 29.3 Å². The predicted octanol–water partition coefficient (Wildman–Crippen LogP) is 4.12. The largest absolute Gasteiger partial charge is 0.369 e. The van der Waals surface area contributed by atoms with Gasteiger partial charge in [0.25, 0.3) is 5.91 Å². The smallest absolute Gasteiger partial charge is 0.257 e. The molecule has 0 radical (unpaired) electrons. The lowest BCUT2D eigenvalue weighted by Crippen LogP contribution is -2.13. The van der Waals surface area contributed by atoms with E-state index in [-0.39, 0.29) is 5.91 Å². The molecule has 2 aromatic rings. The topological polar surface area (TPSA) is 54.0 Å². The summed E-state index contributed by atoms with van der Waals surface area (Å²) in [6, 6.07) is 9.24. The highest BCUT2D eigenvalue weighted by Crippen LogP contribution is 2.21. The fraction of sp³-hybridized carbons (Fsp3) is 0.250. The molecule has 1 aromatic heterocycles. The molecule has 1 amide bonds. The lowest BCUT2D eigenvalue weighted by atomic mass is 10.2. The molecule has 21 heavy (non-hydrogen) atoms. The number of para-hydroxylation sites is 1. The number of nitrogens with one attached hydrogen (secondary N) is 2. The minimum Gasteiger partial charge on any atom is -0.369 e. The number of carbonyl (C=O) groups excluding carboxylic acids is 1. The number of pyridine rings is 1. The van der Waals surface area contributed by atoms with Crippen molar-refractivity contribution < 1.29 is 4.79 Å². The monoisotopic (exact) mass is 303 g/mol. The van der Waals surface area contributed by atoms with Gasteiger partial charge >= 0.3 is 0 Å². The number of aryl methyl sites for hydroxylation is 1. The van der Waals surface area contributed by atoms with Crippen molar-refractivity contribution in [2.75, 3.05) is 17.2 Å². The first-order valence-corrected chi connectivity index (χ1v) is 7.26. The molecule has 4 nitrogen and oxygen atoms in total. The minimum absolute atomic E-state index is 0.222. The van der Waals surface area contributed by atoms with Crippen molar-refractivity contribution in [2.24, 2.45) is 0 Å². The first kappa shape index (κ1) is 15.3. The number of aromatic nitrogens is 1. The number of amides is 1. The Kier molecular flexibility index (Phi) is 5.17. The highest BCUT2D eigenvalue weighted by molar-refractivity contribution is 6.33. The van der Waals surface area contributed by atoms with E-state index >= 15 is 0 Å². The molecule has 2 N–H and O–H groups in total. The normalized spacial score (nSPS) is 10.2. The zero-order valence-electron chi connectivity index (χ0n) is 12.1. The van der Waals surface area contributed by atoms with E-state index in [9.17, 15) is 4.79 Å². The van der Waals surface area contributed by atoms with Crippen LogP contribution in [-0.2, 0) is 0 Å². The van der Waals surface area contributed by atoms with Gasteiger partial charge in [-0.25, -0.2) is 4.98 Å². The molecule has 0 aliphatic carbocycles. The standard InChI is InChI=1S/C16H18ClN3O/c1-3-8-18-15-13(17)9-12(10-19-15)16(21)20-14-7-5-4-6-11(14)2/h4-7,9-10H,3,8H2,1-2H3,(H,18,19)(H,20,21). The van der Waals surface area contributed by atoms with Crippen molar-refractivity contribution in [2.45, 2.75) is 20.3 Å². The van der Waals surface area contributed by atoms with E-state index in [0.29, 0.717) is 16.4 Å². The summed E-state index contributed by atoms with van der Waals surface area (Å²) in [5.41, 5.74) is 2.23. The number of benzene rings is 1. The third-order valence-corrected chi connectivity index (χ3v) is 3.33. The maximum atomic E-state index is 12.2. The van der Waals surface area contributed by atoms with Gasteiger partial charge in [-0.3, -0.25) is 4.79 Å². The van der Waals surface area contributed by atoms with Gasteiger partial charge in [-0.05, 0) is 31.0 Å². The molecule has 0 saturated carbocycles.